The standard InChI is InChI=1S/C12H15FO/c1-9-6-7-12(9,14)8-10-2-4-11(13)5-3-10/h2-5,9,14H,6-8H2,1H3. The first-order chi connectivity index (χ1) is 6.60. The quantitative estimate of drug-likeness (QED) is 0.767. The van der Waals surface area contributed by atoms with E-state index < -0.39 is 5.60 Å². The molecule has 76 valence electrons. The molecule has 2 unspecified atom stereocenters. The van der Waals surface area contributed by atoms with Crippen LogP contribution in [0.25, 0.3) is 0 Å². The Labute approximate surface area is 83.6 Å². The van der Waals surface area contributed by atoms with Crippen LogP contribution in [0.4, 0.5) is 4.39 Å². The molecule has 1 nitrogen and oxygen atoms in total. The second-order valence-corrected chi connectivity index (χ2v) is 4.35. The maximum absolute atomic E-state index is 12.6. The number of rotatable bonds is 2. The summed E-state index contributed by atoms with van der Waals surface area (Å²) in [7, 11) is 0. The van der Waals surface area contributed by atoms with Gasteiger partial charge < -0.3 is 5.11 Å². The zero-order valence-electron chi connectivity index (χ0n) is 8.33. The highest BCUT2D eigenvalue weighted by Gasteiger charge is 2.41. The first-order valence-electron chi connectivity index (χ1n) is 5.07. The van der Waals surface area contributed by atoms with Gasteiger partial charge >= 0.3 is 0 Å². The molecule has 2 heteroatoms. The van der Waals surface area contributed by atoms with Crippen molar-refractivity contribution < 1.29 is 9.50 Å². The Kier molecular flexibility index (Phi) is 2.31. The minimum Gasteiger partial charge on any atom is -0.389 e. The molecule has 0 radical (unpaired) electrons. The van der Waals surface area contributed by atoms with Gasteiger partial charge in [0.1, 0.15) is 5.82 Å². The van der Waals surface area contributed by atoms with Gasteiger partial charge in [-0.2, -0.15) is 0 Å². The second-order valence-electron chi connectivity index (χ2n) is 4.35. The number of benzene rings is 1. The lowest BCUT2D eigenvalue weighted by Gasteiger charge is -2.43. The largest absolute Gasteiger partial charge is 0.389 e. The smallest absolute Gasteiger partial charge is 0.123 e. The van der Waals surface area contributed by atoms with Crippen LogP contribution in [0.3, 0.4) is 0 Å². The van der Waals surface area contributed by atoms with Crippen LogP contribution in [0.5, 0.6) is 0 Å². The van der Waals surface area contributed by atoms with Crippen LogP contribution in [0.15, 0.2) is 24.3 Å². The molecule has 1 aromatic carbocycles. The van der Waals surface area contributed by atoms with Crippen molar-refractivity contribution in [2.75, 3.05) is 0 Å². The third kappa shape index (κ3) is 1.67. The van der Waals surface area contributed by atoms with E-state index in [-0.39, 0.29) is 5.82 Å². The Bertz CT molecular complexity index is 320. The van der Waals surface area contributed by atoms with Gasteiger partial charge in [-0.1, -0.05) is 19.1 Å². The molecule has 1 aromatic rings. The molecule has 0 saturated heterocycles. The average Bonchev–Trinajstić information content (AvgIpc) is 2.19. The van der Waals surface area contributed by atoms with Crippen LogP contribution in [-0.4, -0.2) is 10.7 Å². The third-order valence-electron chi connectivity index (χ3n) is 3.35. The molecule has 2 atom stereocenters. The summed E-state index contributed by atoms with van der Waals surface area (Å²) in [4.78, 5) is 0. The fourth-order valence-corrected chi connectivity index (χ4v) is 1.98. The van der Waals surface area contributed by atoms with E-state index in [1.165, 1.54) is 12.1 Å². The van der Waals surface area contributed by atoms with Crippen LogP contribution >= 0.6 is 0 Å². The normalized spacial score (nSPS) is 31.2. The predicted octanol–water partition coefficient (Wildman–Crippen LogP) is 2.53. The lowest BCUT2D eigenvalue weighted by atomic mass is 9.67. The Morgan fingerprint density at radius 1 is 1.43 bits per heavy atom. The van der Waals surface area contributed by atoms with Gasteiger partial charge in [-0.3, -0.25) is 0 Å². The number of hydrogen-bond acceptors (Lipinski definition) is 1. The van der Waals surface area contributed by atoms with E-state index in [4.69, 9.17) is 0 Å². The highest BCUT2D eigenvalue weighted by Crippen LogP contribution is 2.40. The van der Waals surface area contributed by atoms with Crippen molar-refractivity contribution in [1.29, 1.82) is 0 Å². The Hall–Kier alpha value is -0.890. The molecule has 1 aliphatic rings. The molecule has 0 heterocycles. The van der Waals surface area contributed by atoms with Crippen molar-refractivity contribution in [3.8, 4) is 0 Å². The van der Waals surface area contributed by atoms with Gasteiger partial charge in [-0.15, -0.1) is 0 Å². The maximum Gasteiger partial charge on any atom is 0.123 e. The summed E-state index contributed by atoms with van der Waals surface area (Å²) in [5, 5.41) is 10.1. The summed E-state index contributed by atoms with van der Waals surface area (Å²) < 4.78 is 12.6. The molecule has 1 saturated carbocycles. The molecule has 0 amide bonds. The van der Waals surface area contributed by atoms with Crippen LogP contribution in [-0.2, 0) is 6.42 Å². The predicted molar refractivity (Wildman–Crippen MR) is 53.5 cm³/mol. The molecule has 0 spiro atoms. The molecule has 0 aromatic heterocycles. The lowest BCUT2D eigenvalue weighted by Crippen LogP contribution is -2.47. The molecule has 0 bridgehead atoms. The summed E-state index contributed by atoms with van der Waals surface area (Å²) in [6.07, 6.45) is 2.61. The average molecular weight is 194 g/mol. The first-order valence-corrected chi connectivity index (χ1v) is 5.07. The van der Waals surface area contributed by atoms with E-state index in [2.05, 4.69) is 6.92 Å². The summed E-state index contributed by atoms with van der Waals surface area (Å²) in [5.41, 5.74) is 0.470. The minimum absolute atomic E-state index is 0.220. The first kappa shape index (κ1) is 9.66. The summed E-state index contributed by atoms with van der Waals surface area (Å²) in [5.74, 6) is 0.148. The molecule has 14 heavy (non-hydrogen) atoms. The molecular formula is C12H15FO. The number of hydrogen-bond donors (Lipinski definition) is 1. The molecule has 0 aliphatic heterocycles. The topological polar surface area (TPSA) is 20.2 Å². The summed E-state index contributed by atoms with van der Waals surface area (Å²) >= 11 is 0. The monoisotopic (exact) mass is 194 g/mol. The van der Waals surface area contributed by atoms with Gasteiger partial charge in [0.15, 0.2) is 0 Å². The SMILES string of the molecule is CC1CCC1(O)Cc1ccc(F)cc1. The van der Waals surface area contributed by atoms with Crippen molar-refractivity contribution >= 4 is 0 Å². The zero-order valence-corrected chi connectivity index (χ0v) is 8.33. The molecule has 1 N–H and O–H groups in total. The number of halogens is 1. The fraction of sp³-hybridized carbons (Fsp3) is 0.500. The van der Waals surface area contributed by atoms with Crippen molar-refractivity contribution in [3.63, 3.8) is 0 Å². The Morgan fingerprint density at radius 2 is 2.07 bits per heavy atom. The van der Waals surface area contributed by atoms with Crippen molar-refractivity contribution in [1.82, 2.24) is 0 Å². The van der Waals surface area contributed by atoms with Gasteiger partial charge in [0.25, 0.3) is 0 Å². The van der Waals surface area contributed by atoms with Crippen LogP contribution in [0.2, 0.25) is 0 Å². The van der Waals surface area contributed by atoms with E-state index in [1.807, 2.05) is 0 Å². The second kappa shape index (κ2) is 3.35. The highest BCUT2D eigenvalue weighted by molar-refractivity contribution is 5.19. The molecule has 1 aliphatic carbocycles. The Morgan fingerprint density at radius 3 is 2.50 bits per heavy atom. The highest BCUT2D eigenvalue weighted by atomic mass is 19.1. The Balaban J connectivity index is 2.07. The van der Waals surface area contributed by atoms with Gasteiger partial charge in [-0.05, 0) is 36.5 Å². The van der Waals surface area contributed by atoms with Crippen molar-refractivity contribution in [3.05, 3.63) is 35.6 Å². The molecular weight excluding hydrogens is 179 g/mol. The maximum atomic E-state index is 12.6. The summed E-state index contributed by atoms with van der Waals surface area (Å²) in [6.45, 7) is 2.06. The van der Waals surface area contributed by atoms with Gasteiger partial charge in [0.2, 0.25) is 0 Å². The summed E-state index contributed by atoms with van der Waals surface area (Å²) in [6, 6.07) is 6.39. The van der Waals surface area contributed by atoms with Gasteiger partial charge in [0, 0.05) is 6.42 Å². The van der Waals surface area contributed by atoms with Crippen molar-refractivity contribution in [2.45, 2.75) is 31.8 Å². The van der Waals surface area contributed by atoms with Crippen LogP contribution in [0.1, 0.15) is 25.3 Å². The zero-order chi connectivity index (χ0) is 10.2. The third-order valence-corrected chi connectivity index (χ3v) is 3.35. The fourth-order valence-electron chi connectivity index (χ4n) is 1.98. The van der Waals surface area contributed by atoms with E-state index in [0.717, 1.165) is 18.4 Å². The van der Waals surface area contributed by atoms with Gasteiger partial charge in [-0.25, -0.2) is 4.39 Å². The minimum atomic E-state index is -0.544. The van der Waals surface area contributed by atoms with Crippen LogP contribution < -0.4 is 0 Å². The van der Waals surface area contributed by atoms with E-state index in [9.17, 15) is 9.50 Å². The van der Waals surface area contributed by atoms with Crippen LogP contribution in [0, 0.1) is 11.7 Å². The van der Waals surface area contributed by atoms with Gasteiger partial charge in [0.05, 0.1) is 5.60 Å². The van der Waals surface area contributed by atoms with Crippen molar-refractivity contribution in [2.24, 2.45) is 5.92 Å². The van der Waals surface area contributed by atoms with E-state index in [0.29, 0.717) is 12.3 Å². The molecule has 1 fully saturated rings. The van der Waals surface area contributed by atoms with E-state index >= 15 is 0 Å². The number of aliphatic hydroxyl groups is 1. The molecule has 2 rings (SSSR count). The lowest BCUT2D eigenvalue weighted by molar-refractivity contribution is -0.0851. The van der Waals surface area contributed by atoms with E-state index in [1.54, 1.807) is 12.1 Å².